The lowest BCUT2D eigenvalue weighted by Crippen LogP contribution is -2.34. The molecule has 0 saturated heterocycles. The summed E-state index contributed by atoms with van der Waals surface area (Å²) in [6.07, 6.45) is 0.0473. The average Bonchev–Trinajstić information content (AvgIpc) is 2.38. The van der Waals surface area contributed by atoms with Crippen LogP contribution in [0.25, 0.3) is 0 Å². The van der Waals surface area contributed by atoms with Gasteiger partial charge in [-0.15, -0.1) is 0 Å². The van der Waals surface area contributed by atoms with Gasteiger partial charge in [0, 0.05) is 31.7 Å². The maximum absolute atomic E-state index is 13.2. The molecule has 3 N–H and O–H groups in total. The Labute approximate surface area is 124 Å². The highest BCUT2D eigenvalue weighted by molar-refractivity contribution is 7.89. The zero-order valence-corrected chi connectivity index (χ0v) is 12.9. The number of sulfonamides is 1. The molecule has 1 amide bonds. The molecule has 8 heteroatoms. The Morgan fingerprint density at radius 1 is 1.29 bits per heavy atom. The summed E-state index contributed by atoms with van der Waals surface area (Å²) in [5.41, 5.74) is 5.44. The molecule has 0 aliphatic rings. The number of carbonyl (C=O) groups excluding carboxylic acids is 1. The highest BCUT2D eigenvalue weighted by Crippen LogP contribution is 2.15. The van der Waals surface area contributed by atoms with Gasteiger partial charge < -0.3 is 10.6 Å². The molecule has 0 aromatic heterocycles. The monoisotopic (exact) mass is 317 g/mol. The third kappa shape index (κ3) is 4.98. The van der Waals surface area contributed by atoms with Crippen LogP contribution in [0.5, 0.6) is 0 Å². The van der Waals surface area contributed by atoms with E-state index in [1.165, 1.54) is 0 Å². The first-order valence-electron chi connectivity index (χ1n) is 6.63. The number of nitrogens with two attached hydrogens (primary N) is 1. The van der Waals surface area contributed by atoms with Crippen molar-refractivity contribution in [2.45, 2.75) is 25.2 Å². The first kappa shape index (κ1) is 17.4. The number of halogens is 1. The SMILES string of the molecule is CCN(CC)C(=O)CCNS(=O)(=O)c1cc(N)cc(F)c1. The number of amides is 1. The molecule has 1 rings (SSSR count). The van der Waals surface area contributed by atoms with Gasteiger partial charge in [-0.3, -0.25) is 4.79 Å². The Morgan fingerprint density at radius 2 is 1.90 bits per heavy atom. The summed E-state index contributed by atoms with van der Waals surface area (Å²) < 4.78 is 39.4. The van der Waals surface area contributed by atoms with E-state index in [-0.39, 0.29) is 29.5 Å². The fourth-order valence-electron chi connectivity index (χ4n) is 1.85. The molecule has 0 heterocycles. The first-order valence-corrected chi connectivity index (χ1v) is 8.12. The van der Waals surface area contributed by atoms with Gasteiger partial charge in [0.25, 0.3) is 0 Å². The molecule has 1 aromatic rings. The summed E-state index contributed by atoms with van der Waals surface area (Å²) in [7, 11) is -3.88. The Morgan fingerprint density at radius 3 is 2.43 bits per heavy atom. The number of rotatable bonds is 7. The molecule has 0 saturated carbocycles. The topological polar surface area (TPSA) is 92.5 Å². The predicted octanol–water partition coefficient (Wildman–Crippen LogP) is 0.945. The number of benzene rings is 1. The predicted molar refractivity (Wildman–Crippen MR) is 78.5 cm³/mol. The van der Waals surface area contributed by atoms with Gasteiger partial charge >= 0.3 is 0 Å². The van der Waals surface area contributed by atoms with Crippen LogP contribution in [0.2, 0.25) is 0 Å². The van der Waals surface area contributed by atoms with Crippen molar-refractivity contribution in [3.8, 4) is 0 Å². The second kappa shape index (κ2) is 7.37. The molecule has 0 atom stereocenters. The van der Waals surface area contributed by atoms with E-state index in [1.54, 1.807) is 4.90 Å². The zero-order chi connectivity index (χ0) is 16.0. The molecule has 0 unspecified atom stereocenters. The van der Waals surface area contributed by atoms with Crippen LogP contribution in [0.1, 0.15) is 20.3 Å². The van der Waals surface area contributed by atoms with Crippen molar-refractivity contribution in [3.05, 3.63) is 24.0 Å². The molecular formula is C13H20FN3O3S. The van der Waals surface area contributed by atoms with E-state index in [2.05, 4.69) is 4.72 Å². The second-order valence-corrected chi connectivity index (χ2v) is 6.20. The standard InChI is InChI=1S/C13H20FN3O3S/c1-3-17(4-2)13(18)5-6-16-21(19,20)12-8-10(14)7-11(15)9-12/h7-9,16H,3-6,15H2,1-2H3. The zero-order valence-electron chi connectivity index (χ0n) is 12.1. The molecule has 0 bridgehead atoms. The van der Waals surface area contributed by atoms with Gasteiger partial charge in [-0.1, -0.05) is 0 Å². The first-order chi connectivity index (χ1) is 9.80. The molecule has 0 spiro atoms. The number of hydrogen-bond donors (Lipinski definition) is 2. The number of nitrogens with zero attached hydrogens (tertiary/aromatic N) is 1. The van der Waals surface area contributed by atoms with E-state index in [0.717, 1.165) is 18.2 Å². The van der Waals surface area contributed by atoms with Gasteiger partial charge in [0.2, 0.25) is 15.9 Å². The van der Waals surface area contributed by atoms with Gasteiger partial charge in [-0.25, -0.2) is 17.5 Å². The average molecular weight is 317 g/mol. The van der Waals surface area contributed by atoms with Crippen LogP contribution in [0.4, 0.5) is 10.1 Å². The van der Waals surface area contributed by atoms with Crippen molar-refractivity contribution in [3.63, 3.8) is 0 Å². The van der Waals surface area contributed by atoms with Crippen LogP contribution in [0.15, 0.2) is 23.1 Å². The van der Waals surface area contributed by atoms with Crippen molar-refractivity contribution >= 4 is 21.6 Å². The highest BCUT2D eigenvalue weighted by atomic mass is 32.2. The van der Waals surface area contributed by atoms with Gasteiger partial charge in [-0.2, -0.15) is 0 Å². The maximum Gasteiger partial charge on any atom is 0.240 e. The number of carbonyl (C=O) groups is 1. The van der Waals surface area contributed by atoms with E-state index in [4.69, 9.17) is 5.73 Å². The molecule has 0 radical (unpaired) electrons. The lowest BCUT2D eigenvalue weighted by Gasteiger charge is -2.18. The Balaban J connectivity index is 2.67. The van der Waals surface area contributed by atoms with Gasteiger partial charge in [0.15, 0.2) is 0 Å². The quantitative estimate of drug-likeness (QED) is 0.732. The number of anilines is 1. The largest absolute Gasteiger partial charge is 0.399 e. The Kier molecular flexibility index (Phi) is 6.10. The third-order valence-electron chi connectivity index (χ3n) is 2.95. The van der Waals surface area contributed by atoms with Crippen LogP contribution >= 0.6 is 0 Å². The van der Waals surface area contributed by atoms with Gasteiger partial charge in [0.05, 0.1) is 4.90 Å². The molecule has 0 aliphatic heterocycles. The van der Waals surface area contributed by atoms with Crippen molar-refractivity contribution < 1.29 is 17.6 Å². The van der Waals surface area contributed by atoms with Gasteiger partial charge in [-0.05, 0) is 32.0 Å². The smallest absolute Gasteiger partial charge is 0.240 e. The van der Waals surface area contributed by atoms with Crippen LogP contribution in [-0.2, 0) is 14.8 Å². The highest BCUT2D eigenvalue weighted by Gasteiger charge is 2.17. The molecular weight excluding hydrogens is 297 g/mol. The fourth-order valence-corrected chi connectivity index (χ4v) is 2.95. The number of nitrogen functional groups attached to an aromatic ring is 1. The van der Waals surface area contributed by atoms with Crippen LogP contribution in [-0.4, -0.2) is 38.9 Å². The lowest BCUT2D eigenvalue weighted by molar-refractivity contribution is -0.130. The summed E-state index contributed by atoms with van der Waals surface area (Å²) in [6.45, 7) is 4.79. The Bertz CT molecular complexity index is 580. The van der Waals surface area contributed by atoms with E-state index < -0.39 is 15.8 Å². The van der Waals surface area contributed by atoms with Crippen LogP contribution < -0.4 is 10.5 Å². The van der Waals surface area contributed by atoms with Gasteiger partial charge in [0.1, 0.15) is 5.82 Å². The van der Waals surface area contributed by atoms with E-state index in [9.17, 15) is 17.6 Å². The van der Waals surface area contributed by atoms with Crippen molar-refractivity contribution in [2.24, 2.45) is 0 Å². The minimum absolute atomic E-state index is 0.0228. The lowest BCUT2D eigenvalue weighted by atomic mass is 10.3. The van der Waals surface area contributed by atoms with E-state index >= 15 is 0 Å². The van der Waals surface area contributed by atoms with E-state index in [0.29, 0.717) is 13.1 Å². The minimum Gasteiger partial charge on any atom is -0.399 e. The number of nitrogens with one attached hydrogen (secondary N) is 1. The summed E-state index contributed by atoms with van der Waals surface area (Å²) in [6, 6.07) is 3.07. The number of hydrogen-bond acceptors (Lipinski definition) is 4. The minimum atomic E-state index is -3.88. The Hall–Kier alpha value is -1.67. The van der Waals surface area contributed by atoms with Crippen molar-refractivity contribution in [1.29, 1.82) is 0 Å². The maximum atomic E-state index is 13.2. The molecule has 6 nitrogen and oxygen atoms in total. The summed E-state index contributed by atoms with van der Waals surface area (Å²) in [5.74, 6) is -0.865. The molecule has 0 aliphatic carbocycles. The van der Waals surface area contributed by atoms with Crippen molar-refractivity contribution in [1.82, 2.24) is 9.62 Å². The summed E-state index contributed by atoms with van der Waals surface area (Å²) in [5, 5.41) is 0. The molecule has 0 fully saturated rings. The fraction of sp³-hybridized carbons (Fsp3) is 0.462. The normalized spacial score (nSPS) is 11.4. The molecule has 118 valence electrons. The third-order valence-corrected chi connectivity index (χ3v) is 4.39. The van der Waals surface area contributed by atoms with Crippen LogP contribution in [0, 0.1) is 5.82 Å². The van der Waals surface area contributed by atoms with Crippen LogP contribution in [0.3, 0.4) is 0 Å². The summed E-state index contributed by atoms with van der Waals surface area (Å²) in [4.78, 5) is 13.1. The molecule has 21 heavy (non-hydrogen) atoms. The molecule has 1 aromatic carbocycles. The van der Waals surface area contributed by atoms with E-state index in [1.807, 2.05) is 13.8 Å². The summed E-state index contributed by atoms with van der Waals surface area (Å²) >= 11 is 0. The van der Waals surface area contributed by atoms with Crippen molar-refractivity contribution in [2.75, 3.05) is 25.4 Å². The second-order valence-electron chi connectivity index (χ2n) is 4.43.